The molecule has 0 unspecified atom stereocenters. The smallest absolute Gasteiger partial charge is 0.309 e. The van der Waals surface area contributed by atoms with E-state index in [4.69, 9.17) is 5.11 Å². The molecule has 1 aromatic rings. The first-order valence-corrected chi connectivity index (χ1v) is 6.41. The third-order valence-corrected chi connectivity index (χ3v) is 3.33. The number of benzene rings is 1. The summed E-state index contributed by atoms with van der Waals surface area (Å²) in [6.45, 7) is 4.65. The number of hydrogen-bond donors (Lipinski definition) is 2. The highest BCUT2D eigenvalue weighted by molar-refractivity contribution is 9.10. The standard InChI is InChI=1S/C13H15BrFNO3/c1-7-4-8(14)9(15)5-10(7)16-11(17)6-13(2,3)12(18)19/h4-5H,6H2,1-3H3,(H,16,17)(H,18,19). The van der Waals surface area contributed by atoms with Gasteiger partial charge in [-0.1, -0.05) is 0 Å². The quantitative estimate of drug-likeness (QED) is 0.889. The molecule has 0 aliphatic carbocycles. The summed E-state index contributed by atoms with van der Waals surface area (Å²) in [5, 5.41) is 11.5. The van der Waals surface area contributed by atoms with Gasteiger partial charge in [-0.3, -0.25) is 9.59 Å². The van der Waals surface area contributed by atoms with E-state index in [9.17, 15) is 14.0 Å². The van der Waals surface area contributed by atoms with Gasteiger partial charge < -0.3 is 10.4 Å². The van der Waals surface area contributed by atoms with Crippen molar-refractivity contribution >= 4 is 33.5 Å². The van der Waals surface area contributed by atoms with Gasteiger partial charge in [0.05, 0.1) is 9.89 Å². The molecule has 0 saturated carbocycles. The van der Waals surface area contributed by atoms with Crippen LogP contribution in [-0.2, 0) is 9.59 Å². The molecule has 1 aromatic carbocycles. The summed E-state index contributed by atoms with van der Waals surface area (Å²) in [5.74, 6) is -2.00. The lowest BCUT2D eigenvalue weighted by Crippen LogP contribution is -2.29. The normalized spacial score (nSPS) is 11.2. The Balaban J connectivity index is 2.84. The number of rotatable bonds is 4. The van der Waals surface area contributed by atoms with Crippen LogP contribution in [0.25, 0.3) is 0 Å². The fraction of sp³-hybridized carbons (Fsp3) is 0.385. The van der Waals surface area contributed by atoms with Crippen LogP contribution in [0.1, 0.15) is 25.8 Å². The van der Waals surface area contributed by atoms with Crippen LogP contribution in [0.4, 0.5) is 10.1 Å². The number of carbonyl (C=O) groups excluding carboxylic acids is 1. The Bertz CT molecular complexity index is 529. The van der Waals surface area contributed by atoms with Crippen molar-refractivity contribution in [1.29, 1.82) is 0 Å². The van der Waals surface area contributed by atoms with Gasteiger partial charge in [-0.05, 0) is 54.4 Å². The van der Waals surface area contributed by atoms with E-state index in [2.05, 4.69) is 21.2 Å². The molecule has 0 saturated heterocycles. The number of carboxylic acids is 1. The second-order valence-corrected chi connectivity index (χ2v) is 5.85. The Morgan fingerprint density at radius 3 is 2.53 bits per heavy atom. The third-order valence-electron chi connectivity index (χ3n) is 2.72. The number of halogens is 2. The summed E-state index contributed by atoms with van der Waals surface area (Å²) in [4.78, 5) is 22.7. The summed E-state index contributed by atoms with van der Waals surface area (Å²) in [6, 6.07) is 2.75. The van der Waals surface area contributed by atoms with E-state index in [0.29, 0.717) is 15.7 Å². The highest BCUT2D eigenvalue weighted by atomic mass is 79.9. The Labute approximate surface area is 119 Å². The third kappa shape index (κ3) is 4.02. The maximum Gasteiger partial charge on any atom is 0.309 e. The van der Waals surface area contributed by atoms with Gasteiger partial charge in [0.1, 0.15) is 5.82 Å². The van der Waals surface area contributed by atoms with Crippen molar-refractivity contribution in [1.82, 2.24) is 0 Å². The van der Waals surface area contributed by atoms with Gasteiger partial charge in [0.15, 0.2) is 0 Å². The topological polar surface area (TPSA) is 66.4 Å². The Hall–Kier alpha value is -1.43. The van der Waals surface area contributed by atoms with Crippen molar-refractivity contribution in [2.45, 2.75) is 27.2 Å². The summed E-state index contributed by atoms with van der Waals surface area (Å²) >= 11 is 3.05. The molecule has 0 atom stereocenters. The molecule has 0 spiro atoms. The number of hydrogen-bond acceptors (Lipinski definition) is 2. The molecule has 4 nitrogen and oxygen atoms in total. The first-order valence-electron chi connectivity index (χ1n) is 5.62. The number of nitrogens with one attached hydrogen (secondary N) is 1. The van der Waals surface area contributed by atoms with E-state index in [-0.39, 0.29) is 6.42 Å². The first-order chi connectivity index (χ1) is 8.63. The molecular formula is C13H15BrFNO3. The summed E-state index contributed by atoms with van der Waals surface area (Å²) in [6.07, 6.45) is -0.181. The number of anilines is 1. The van der Waals surface area contributed by atoms with Gasteiger partial charge in [0.25, 0.3) is 0 Å². The summed E-state index contributed by atoms with van der Waals surface area (Å²) in [7, 11) is 0. The molecular weight excluding hydrogens is 317 g/mol. The van der Waals surface area contributed by atoms with Crippen molar-refractivity contribution in [3.05, 3.63) is 28.0 Å². The lowest BCUT2D eigenvalue weighted by Gasteiger charge is -2.18. The second-order valence-electron chi connectivity index (χ2n) is 5.00. The first kappa shape index (κ1) is 15.6. The Morgan fingerprint density at radius 2 is 2.00 bits per heavy atom. The molecule has 0 aliphatic heterocycles. The minimum atomic E-state index is -1.16. The van der Waals surface area contributed by atoms with Gasteiger partial charge in [-0.25, -0.2) is 4.39 Å². The number of aryl methyl sites for hydroxylation is 1. The second kappa shape index (κ2) is 5.69. The van der Waals surface area contributed by atoms with Crippen LogP contribution in [0.2, 0.25) is 0 Å². The van der Waals surface area contributed by atoms with E-state index in [1.807, 2.05) is 0 Å². The number of amides is 1. The molecule has 0 heterocycles. The van der Waals surface area contributed by atoms with Crippen LogP contribution in [0, 0.1) is 18.2 Å². The number of aliphatic carboxylic acids is 1. The molecule has 0 aliphatic rings. The van der Waals surface area contributed by atoms with Gasteiger partial charge in [-0.15, -0.1) is 0 Å². The zero-order valence-corrected chi connectivity index (χ0v) is 12.5. The largest absolute Gasteiger partial charge is 0.481 e. The van der Waals surface area contributed by atoms with Crippen molar-refractivity contribution < 1.29 is 19.1 Å². The molecule has 104 valence electrons. The van der Waals surface area contributed by atoms with Gasteiger partial charge in [0, 0.05) is 12.1 Å². The average molecular weight is 332 g/mol. The maximum atomic E-state index is 13.4. The van der Waals surface area contributed by atoms with Crippen LogP contribution in [0.3, 0.4) is 0 Å². The zero-order chi connectivity index (χ0) is 14.8. The van der Waals surface area contributed by atoms with Gasteiger partial charge >= 0.3 is 5.97 Å². The Kier molecular flexibility index (Phi) is 4.68. The highest BCUT2D eigenvalue weighted by Gasteiger charge is 2.30. The van der Waals surface area contributed by atoms with Crippen LogP contribution in [-0.4, -0.2) is 17.0 Å². The average Bonchev–Trinajstić information content (AvgIpc) is 2.24. The minimum absolute atomic E-state index is 0.181. The molecule has 0 radical (unpaired) electrons. The van der Waals surface area contributed by atoms with Gasteiger partial charge in [-0.2, -0.15) is 0 Å². The molecule has 19 heavy (non-hydrogen) atoms. The molecule has 2 N–H and O–H groups in total. The van der Waals surface area contributed by atoms with Crippen LogP contribution in [0.15, 0.2) is 16.6 Å². The SMILES string of the molecule is Cc1cc(Br)c(F)cc1NC(=O)CC(C)(C)C(=O)O. The fourth-order valence-electron chi connectivity index (χ4n) is 1.45. The van der Waals surface area contributed by atoms with E-state index in [1.165, 1.54) is 19.9 Å². The van der Waals surface area contributed by atoms with E-state index >= 15 is 0 Å². The zero-order valence-electron chi connectivity index (χ0n) is 10.9. The summed E-state index contributed by atoms with van der Waals surface area (Å²) < 4.78 is 13.7. The van der Waals surface area contributed by atoms with E-state index < -0.39 is 23.1 Å². The Morgan fingerprint density at radius 1 is 1.42 bits per heavy atom. The monoisotopic (exact) mass is 331 g/mol. The predicted octanol–water partition coefficient (Wildman–Crippen LogP) is 3.34. The van der Waals surface area contributed by atoms with Crippen molar-refractivity contribution in [3.63, 3.8) is 0 Å². The highest BCUT2D eigenvalue weighted by Crippen LogP contribution is 2.26. The molecule has 0 aromatic heterocycles. The fourth-order valence-corrected chi connectivity index (χ4v) is 1.91. The maximum absolute atomic E-state index is 13.4. The molecule has 0 fully saturated rings. The van der Waals surface area contributed by atoms with Crippen LogP contribution in [0.5, 0.6) is 0 Å². The van der Waals surface area contributed by atoms with Crippen LogP contribution < -0.4 is 5.32 Å². The van der Waals surface area contributed by atoms with Crippen molar-refractivity contribution in [2.75, 3.05) is 5.32 Å². The van der Waals surface area contributed by atoms with Crippen molar-refractivity contribution in [2.24, 2.45) is 5.41 Å². The summed E-state index contributed by atoms with van der Waals surface area (Å²) in [5.41, 5.74) is -0.132. The number of carbonyl (C=O) groups is 2. The molecule has 1 rings (SSSR count). The minimum Gasteiger partial charge on any atom is -0.481 e. The molecule has 0 bridgehead atoms. The van der Waals surface area contributed by atoms with E-state index in [0.717, 1.165) is 0 Å². The van der Waals surface area contributed by atoms with Gasteiger partial charge in [0.2, 0.25) is 5.91 Å². The lowest BCUT2D eigenvalue weighted by molar-refractivity contribution is -0.148. The number of carboxylic acid groups (broad SMARTS) is 1. The predicted molar refractivity (Wildman–Crippen MR) is 73.5 cm³/mol. The molecule has 1 amide bonds. The molecule has 6 heteroatoms. The lowest BCUT2D eigenvalue weighted by atomic mass is 9.89. The van der Waals surface area contributed by atoms with E-state index in [1.54, 1.807) is 13.0 Å². The van der Waals surface area contributed by atoms with Crippen LogP contribution >= 0.6 is 15.9 Å². The van der Waals surface area contributed by atoms with Crippen molar-refractivity contribution in [3.8, 4) is 0 Å².